The molecule has 1 aromatic carbocycles. The quantitative estimate of drug-likeness (QED) is 0.725. The Bertz CT molecular complexity index is 867. The lowest BCUT2D eigenvalue weighted by molar-refractivity contribution is -0.142. The number of nitrogens with zero attached hydrogens (tertiary/aromatic N) is 1. The van der Waals surface area contributed by atoms with Gasteiger partial charge in [0.2, 0.25) is 0 Å². The molecule has 0 spiro atoms. The summed E-state index contributed by atoms with van der Waals surface area (Å²) in [4.78, 5) is 24.7. The van der Waals surface area contributed by atoms with Crippen molar-refractivity contribution in [3.63, 3.8) is 0 Å². The van der Waals surface area contributed by atoms with Crippen LogP contribution in [0.3, 0.4) is 0 Å². The summed E-state index contributed by atoms with van der Waals surface area (Å²) in [5.41, 5.74) is 2.49. The summed E-state index contributed by atoms with van der Waals surface area (Å²) >= 11 is 1.58. The fourth-order valence-electron chi connectivity index (χ4n) is 2.69. The van der Waals surface area contributed by atoms with Gasteiger partial charge >= 0.3 is 5.97 Å². The second-order valence-corrected chi connectivity index (χ2v) is 6.45. The summed E-state index contributed by atoms with van der Waals surface area (Å²) in [6.07, 6.45) is 0.387. The van der Waals surface area contributed by atoms with E-state index in [0.29, 0.717) is 12.1 Å². The average molecular weight is 342 g/mol. The molecule has 1 amide bonds. The number of hydrogen-bond donors (Lipinski definition) is 1. The number of benzene rings is 1. The molecule has 6 heteroatoms. The fraction of sp³-hybridized carbons (Fsp3) is 0.222. The normalized spacial score (nSPS) is 12.1. The van der Waals surface area contributed by atoms with Gasteiger partial charge in [-0.25, -0.2) is 4.79 Å². The van der Waals surface area contributed by atoms with E-state index >= 15 is 0 Å². The molecule has 2 aromatic heterocycles. The molecule has 1 N–H and O–H groups in total. The molecule has 2 heterocycles. The van der Waals surface area contributed by atoms with Crippen LogP contribution in [-0.4, -0.2) is 29.6 Å². The van der Waals surface area contributed by atoms with Crippen LogP contribution >= 0.6 is 11.3 Å². The lowest BCUT2D eigenvalue weighted by Crippen LogP contribution is -2.43. The van der Waals surface area contributed by atoms with Crippen molar-refractivity contribution in [3.8, 4) is 0 Å². The van der Waals surface area contributed by atoms with Crippen molar-refractivity contribution in [1.82, 2.24) is 9.88 Å². The van der Waals surface area contributed by atoms with Crippen LogP contribution in [0.15, 0.2) is 47.8 Å². The van der Waals surface area contributed by atoms with Gasteiger partial charge in [-0.2, -0.15) is 0 Å². The van der Waals surface area contributed by atoms with Crippen LogP contribution in [0.4, 0.5) is 0 Å². The molecular weight excluding hydrogens is 324 g/mol. The molecule has 0 saturated heterocycles. The van der Waals surface area contributed by atoms with Crippen LogP contribution in [-0.2, 0) is 23.0 Å². The molecule has 5 nitrogen and oxygen atoms in total. The van der Waals surface area contributed by atoms with Crippen molar-refractivity contribution in [3.05, 3.63) is 59.1 Å². The Balaban J connectivity index is 1.81. The number of fused-ring (bicyclic) bond motifs is 1. The predicted octanol–water partition coefficient (Wildman–Crippen LogP) is 2.75. The van der Waals surface area contributed by atoms with Gasteiger partial charge in [-0.3, -0.25) is 4.79 Å². The maximum Gasteiger partial charge on any atom is 0.328 e. The lowest BCUT2D eigenvalue weighted by Gasteiger charge is -2.17. The Morgan fingerprint density at radius 1 is 1.25 bits per heavy atom. The third kappa shape index (κ3) is 3.19. The van der Waals surface area contributed by atoms with Crippen molar-refractivity contribution >= 4 is 33.4 Å². The van der Waals surface area contributed by atoms with Gasteiger partial charge in [0.1, 0.15) is 11.7 Å². The second-order valence-electron chi connectivity index (χ2n) is 5.50. The zero-order valence-corrected chi connectivity index (χ0v) is 14.3. The highest BCUT2D eigenvalue weighted by atomic mass is 32.1. The van der Waals surface area contributed by atoms with E-state index in [0.717, 1.165) is 15.8 Å². The molecule has 124 valence electrons. The number of carbonyl (C=O) groups is 2. The number of thiophene rings is 1. The van der Waals surface area contributed by atoms with Gasteiger partial charge in [-0.05, 0) is 23.1 Å². The third-order valence-electron chi connectivity index (χ3n) is 3.97. The van der Waals surface area contributed by atoms with Gasteiger partial charge in [-0.15, -0.1) is 11.3 Å². The Morgan fingerprint density at radius 3 is 2.67 bits per heavy atom. The smallest absolute Gasteiger partial charge is 0.328 e. The molecule has 24 heavy (non-hydrogen) atoms. The number of nitrogens with one attached hydrogen (secondary N) is 1. The highest BCUT2D eigenvalue weighted by molar-refractivity contribution is 7.17. The van der Waals surface area contributed by atoms with Crippen LogP contribution in [0.25, 0.3) is 10.2 Å². The Morgan fingerprint density at radius 2 is 2.00 bits per heavy atom. The van der Waals surface area contributed by atoms with Crippen LogP contribution in [0.5, 0.6) is 0 Å². The SMILES string of the molecule is COC(=O)[C@H](Cc1ccccc1)NC(=O)c1cc2sccc2n1C. The first-order valence-corrected chi connectivity index (χ1v) is 8.43. The Hall–Kier alpha value is -2.60. The summed E-state index contributed by atoms with van der Waals surface area (Å²) in [6.45, 7) is 0. The van der Waals surface area contributed by atoms with Gasteiger partial charge in [0.25, 0.3) is 5.91 Å². The number of methoxy groups -OCH3 is 1. The van der Waals surface area contributed by atoms with Gasteiger partial charge in [0.05, 0.1) is 17.3 Å². The van der Waals surface area contributed by atoms with Crippen molar-refractivity contribution in [1.29, 1.82) is 0 Å². The number of ether oxygens (including phenoxy) is 1. The zero-order chi connectivity index (χ0) is 17.1. The lowest BCUT2D eigenvalue weighted by atomic mass is 10.1. The summed E-state index contributed by atoms with van der Waals surface area (Å²) < 4.78 is 7.71. The number of rotatable bonds is 5. The monoisotopic (exact) mass is 342 g/mol. The maximum absolute atomic E-state index is 12.6. The first-order valence-electron chi connectivity index (χ1n) is 7.55. The number of hydrogen-bond acceptors (Lipinski definition) is 4. The third-order valence-corrected chi connectivity index (χ3v) is 4.82. The topological polar surface area (TPSA) is 60.3 Å². The molecule has 3 rings (SSSR count). The van der Waals surface area contributed by atoms with E-state index in [2.05, 4.69) is 5.32 Å². The van der Waals surface area contributed by atoms with Crippen LogP contribution in [0.2, 0.25) is 0 Å². The van der Waals surface area contributed by atoms with E-state index in [-0.39, 0.29) is 5.91 Å². The van der Waals surface area contributed by atoms with Gasteiger partial charge in [0, 0.05) is 13.5 Å². The minimum atomic E-state index is -0.724. The second kappa shape index (κ2) is 6.88. The molecule has 3 aromatic rings. The molecule has 1 atom stereocenters. The minimum Gasteiger partial charge on any atom is -0.467 e. The Labute approximate surface area is 143 Å². The highest BCUT2D eigenvalue weighted by Gasteiger charge is 2.24. The molecule has 0 fully saturated rings. The van der Waals surface area contributed by atoms with Crippen molar-refractivity contribution in [2.45, 2.75) is 12.5 Å². The first-order chi connectivity index (χ1) is 11.6. The summed E-state index contributed by atoms with van der Waals surface area (Å²) in [6, 6.07) is 12.6. The first kappa shape index (κ1) is 16.3. The molecule has 0 bridgehead atoms. The molecular formula is C18H18N2O3S. The van der Waals surface area contributed by atoms with E-state index in [1.54, 1.807) is 11.3 Å². The number of carbonyl (C=O) groups excluding carboxylic acids is 2. The molecule has 0 aliphatic rings. The van der Waals surface area contributed by atoms with Crippen LogP contribution in [0.1, 0.15) is 16.1 Å². The number of aryl methyl sites for hydroxylation is 1. The van der Waals surface area contributed by atoms with E-state index in [1.165, 1.54) is 7.11 Å². The van der Waals surface area contributed by atoms with E-state index in [4.69, 9.17) is 4.74 Å². The van der Waals surface area contributed by atoms with Crippen molar-refractivity contribution < 1.29 is 14.3 Å². The molecule has 0 saturated carbocycles. The van der Waals surface area contributed by atoms with Gasteiger partial charge < -0.3 is 14.6 Å². The minimum absolute atomic E-state index is 0.285. The highest BCUT2D eigenvalue weighted by Crippen LogP contribution is 2.24. The summed E-state index contributed by atoms with van der Waals surface area (Å²) in [5, 5.41) is 4.78. The van der Waals surface area contributed by atoms with Gasteiger partial charge in [0.15, 0.2) is 0 Å². The summed E-state index contributed by atoms with van der Waals surface area (Å²) in [5.74, 6) is -0.740. The standard InChI is InChI=1S/C18H18N2O3S/c1-20-14-8-9-24-16(14)11-15(20)17(21)19-13(18(22)23-2)10-12-6-4-3-5-7-12/h3-9,11,13H,10H2,1-2H3,(H,19,21)/t13-/m0/s1. The average Bonchev–Trinajstić information content (AvgIpc) is 3.17. The fourth-order valence-corrected chi connectivity index (χ4v) is 3.53. The molecule has 0 radical (unpaired) electrons. The van der Waals surface area contributed by atoms with Crippen molar-refractivity contribution in [2.24, 2.45) is 7.05 Å². The predicted molar refractivity (Wildman–Crippen MR) is 94.2 cm³/mol. The Kier molecular flexibility index (Phi) is 4.66. The van der Waals surface area contributed by atoms with Crippen LogP contribution in [0, 0.1) is 0 Å². The largest absolute Gasteiger partial charge is 0.467 e. The van der Waals surface area contributed by atoms with Crippen LogP contribution < -0.4 is 5.32 Å². The zero-order valence-electron chi connectivity index (χ0n) is 13.5. The number of esters is 1. The van der Waals surface area contributed by atoms with E-state index in [1.807, 2.05) is 59.5 Å². The number of amides is 1. The van der Waals surface area contributed by atoms with E-state index < -0.39 is 12.0 Å². The molecule has 0 aliphatic heterocycles. The van der Waals surface area contributed by atoms with Gasteiger partial charge in [-0.1, -0.05) is 30.3 Å². The van der Waals surface area contributed by atoms with Crippen molar-refractivity contribution in [2.75, 3.05) is 7.11 Å². The van der Waals surface area contributed by atoms with E-state index in [9.17, 15) is 9.59 Å². The maximum atomic E-state index is 12.6. The number of aromatic nitrogens is 1. The molecule has 0 aliphatic carbocycles. The summed E-state index contributed by atoms with van der Waals surface area (Å²) in [7, 11) is 3.17. The molecule has 0 unspecified atom stereocenters.